The number of rotatable bonds is 5. The van der Waals surface area contributed by atoms with Crippen LogP contribution in [0.1, 0.15) is 52.3 Å². The Morgan fingerprint density at radius 1 is 1.36 bits per heavy atom. The summed E-state index contributed by atoms with van der Waals surface area (Å²) in [5.74, 6) is 0.881. The molecule has 1 aliphatic rings. The third-order valence-electron chi connectivity index (χ3n) is 3.80. The van der Waals surface area contributed by atoms with Crippen molar-refractivity contribution in [2.24, 2.45) is 0 Å². The van der Waals surface area contributed by atoms with Crippen LogP contribution in [0.5, 0.6) is 0 Å². The molecule has 0 aromatic carbocycles. The number of aromatic nitrogens is 2. The first-order valence-corrected chi connectivity index (χ1v) is 10.4. The van der Waals surface area contributed by atoms with Crippen molar-refractivity contribution in [1.29, 1.82) is 0 Å². The Bertz CT molecular complexity index is 592. The predicted octanol–water partition coefficient (Wildman–Crippen LogP) is 2.13. The van der Waals surface area contributed by atoms with Crippen LogP contribution in [0.4, 0.5) is 5.13 Å². The number of hydrogen-bond donors (Lipinski definition) is 1. The molecular formula is C14H26N4O2S2. The minimum absolute atomic E-state index is 0.0438. The Morgan fingerprint density at radius 3 is 2.68 bits per heavy atom. The second-order valence-electron chi connectivity index (χ2n) is 6.95. The van der Waals surface area contributed by atoms with Crippen LogP contribution in [-0.2, 0) is 15.4 Å². The van der Waals surface area contributed by atoms with Gasteiger partial charge in [0.1, 0.15) is 5.82 Å². The Kier molecular flexibility index (Phi) is 5.45. The van der Waals surface area contributed by atoms with E-state index in [1.807, 2.05) is 0 Å². The molecule has 0 spiro atoms. The number of nitrogens with zero attached hydrogens (tertiary/aromatic N) is 3. The Morgan fingerprint density at radius 2 is 2.09 bits per heavy atom. The van der Waals surface area contributed by atoms with E-state index in [4.69, 9.17) is 4.98 Å². The number of piperidine rings is 1. The smallest absolute Gasteiger partial charge is 0.208 e. The van der Waals surface area contributed by atoms with Crippen LogP contribution < -0.4 is 9.62 Å². The Hall–Kier alpha value is -0.730. The fourth-order valence-corrected chi connectivity index (χ4v) is 4.04. The fraction of sp³-hybridized carbons (Fsp3) is 0.857. The second kappa shape index (κ2) is 6.80. The number of sulfonamides is 1. The normalized spacial score (nSPS) is 20.4. The van der Waals surface area contributed by atoms with Gasteiger partial charge in [0.05, 0.1) is 6.26 Å². The maximum atomic E-state index is 11.2. The number of anilines is 1. The molecule has 1 aromatic heterocycles. The summed E-state index contributed by atoms with van der Waals surface area (Å²) in [5.41, 5.74) is -0.0438. The zero-order valence-electron chi connectivity index (χ0n) is 13.8. The first-order valence-electron chi connectivity index (χ1n) is 7.72. The van der Waals surface area contributed by atoms with Crippen molar-refractivity contribution >= 4 is 26.7 Å². The third-order valence-corrected chi connectivity index (χ3v) is 5.28. The number of hydrogen-bond acceptors (Lipinski definition) is 6. The highest BCUT2D eigenvalue weighted by molar-refractivity contribution is 7.88. The maximum Gasteiger partial charge on any atom is 0.208 e. The lowest BCUT2D eigenvalue weighted by Crippen LogP contribution is -2.41. The summed E-state index contributed by atoms with van der Waals surface area (Å²) in [6, 6.07) is 0.337. The molecule has 22 heavy (non-hydrogen) atoms. The minimum Gasteiger partial charge on any atom is -0.344 e. The van der Waals surface area contributed by atoms with Crippen LogP contribution >= 0.6 is 11.5 Å². The maximum absolute atomic E-state index is 11.2. The molecule has 1 aromatic rings. The van der Waals surface area contributed by atoms with Crippen molar-refractivity contribution in [1.82, 2.24) is 14.1 Å². The molecule has 0 amide bonds. The van der Waals surface area contributed by atoms with E-state index in [1.165, 1.54) is 24.2 Å². The molecule has 0 aliphatic carbocycles. The summed E-state index contributed by atoms with van der Waals surface area (Å²) in [6.07, 6.45) is 5.42. The van der Waals surface area contributed by atoms with Crippen molar-refractivity contribution in [2.45, 2.75) is 57.9 Å². The van der Waals surface area contributed by atoms with Crippen LogP contribution in [0.25, 0.3) is 0 Å². The quantitative estimate of drug-likeness (QED) is 0.884. The van der Waals surface area contributed by atoms with E-state index in [2.05, 4.69) is 34.8 Å². The van der Waals surface area contributed by atoms with Crippen molar-refractivity contribution in [2.75, 3.05) is 24.2 Å². The summed E-state index contributed by atoms with van der Waals surface area (Å²) in [4.78, 5) is 7.01. The molecule has 2 heterocycles. The molecule has 0 bridgehead atoms. The van der Waals surface area contributed by atoms with Gasteiger partial charge in [-0.05, 0) is 25.7 Å². The summed E-state index contributed by atoms with van der Waals surface area (Å²) >= 11 is 1.45. The standard InChI is InChI=1S/C14H26N4O2S2/c1-14(2,3)12-16-13(21-17-12)18-10-6-5-7-11(18)8-9-15-22(4,19)20/h11,15H,5-10H2,1-4H3/t11-/m0/s1. The van der Waals surface area contributed by atoms with Gasteiger partial charge in [-0.2, -0.15) is 4.37 Å². The van der Waals surface area contributed by atoms with E-state index in [1.54, 1.807) is 0 Å². The molecule has 1 atom stereocenters. The molecule has 1 aliphatic heterocycles. The lowest BCUT2D eigenvalue weighted by molar-refractivity contribution is 0.435. The highest BCUT2D eigenvalue weighted by Crippen LogP contribution is 2.30. The van der Waals surface area contributed by atoms with Gasteiger partial charge in [-0.1, -0.05) is 20.8 Å². The minimum atomic E-state index is -3.12. The van der Waals surface area contributed by atoms with Crippen LogP contribution in [0.2, 0.25) is 0 Å². The van der Waals surface area contributed by atoms with Crippen LogP contribution in [0, 0.1) is 0 Å². The van der Waals surface area contributed by atoms with Gasteiger partial charge in [0.2, 0.25) is 15.2 Å². The summed E-state index contributed by atoms with van der Waals surface area (Å²) in [5, 5.41) is 0.967. The molecule has 126 valence electrons. The molecule has 1 fully saturated rings. The predicted molar refractivity (Wildman–Crippen MR) is 91.1 cm³/mol. The van der Waals surface area contributed by atoms with Crippen LogP contribution in [0.15, 0.2) is 0 Å². The van der Waals surface area contributed by atoms with E-state index in [-0.39, 0.29) is 5.41 Å². The van der Waals surface area contributed by atoms with E-state index < -0.39 is 10.0 Å². The molecule has 6 nitrogen and oxygen atoms in total. The zero-order valence-corrected chi connectivity index (χ0v) is 15.4. The van der Waals surface area contributed by atoms with E-state index in [0.29, 0.717) is 12.6 Å². The first-order chi connectivity index (χ1) is 10.2. The number of nitrogens with one attached hydrogen (secondary N) is 1. The summed E-state index contributed by atoms with van der Waals surface area (Å²) in [6.45, 7) is 7.79. The zero-order chi connectivity index (χ0) is 16.4. The first kappa shape index (κ1) is 17.6. The van der Waals surface area contributed by atoms with Crippen molar-refractivity contribution < 1.29 is 8.42 Å². The van der Waals surface area contributed by atoms with Crippen LogP contribution in [0.3, 0.4) is 0 Å². The van der Waals surface area contributed by atoms with E-state index in [9.17, 15) is 8.42 Å². The molecule has 0 saturated carbocycles. The fourth-order valence-electron chi connectivity index (χ4n) is 2.60. The van der Waals surface area contributed by atoms with Crippen molar-refractivity contribution in [3.8, 4) is 0 Å². The average molecular weight is 347 g/mol. The van der Waals surface area contributed by atoms with Crippen molar-refractivity contribution in [3.05, 3.63) is 5.82 Å². The second-order valence-corrected chi connectivity index (χ2v) is 9.51. The molecule has 0 radical (unpaired) electrons. The van der Waals surface area contributed by atoms with E-state index >= 15 is 0 Å². The average Bonchev–Trinajstić information content (AvgIpc) is 2.87. The van der Waals surface area contributed by atoms with Gasteiger partial charge < -0.3 is 4.90 Å². The summed E-state index contributed by atoms with van der Waals surface area (Å²) < 4.78 is 29.5. The molecule has 1 N–H and O–H groups in total. The van der Waals surface area contributed by atoms with Gasteiger partial charge in [0.15, 0.2) is 0 Å². The molecule has 2 rings (SSSR count). The Labute approximate surface area is 137 Å². The topological polar surface area (TPSA) is 75.2 Å². The third kappa shape index (κ3) is 4.89. The van der Waals surface area contributed by atoms with Crippen LogP contribution in [-0.4, -0.2) is 43.2 Å². The molecule has 0 unspecified atom stereocenters. The molecule has 1 saturated heterocycles. The van der Waals surface area contributed by atoms with Gasteiger partial charge >= 0.3 is 0 Å². The Balaban J connectivity index is 2.04. The lowest BCUT2D eigenvalue weighted by atomic mass is 9.96. The highest BCUT2D eigenvalue weighted by atomic mass is 32.2. The van der Waals surface area contributed by atoms with Gasteiger partial charge in [0, 0.05) is 36.1 Å². The SMILES string of the molecule is CC(C)(C)c1nsc(N2CCCC[C@H]2CCNS(C)(=O)=O)n1. The largest absolute Gasteiger partial charge is 0.344 e. The summed E-state index contributed by atoms with van der Waals surface area (Å²) in [7, 11) is -3.12. The van der Waals surface area contributed by atoms with Gasteiger partial charge in [0.25, 0.3) is 0 Å². The highest BCUT2D eigenvalue weighted by Gasteiger charge is 2.27. The monoisotopic (exact) mass is 346 g/mol. The molecular weight excluding hydrogens is 320 g/mol. The van der Waals surface area contributed by atoms with Crippen molar-refractivity contribution in [3.63, 3.8) is 0 Å². The van der Waals surface area contributed by atoms with Gasteiger partial charge in [-0.15, -0.1) is 0 Å². The lowest BCUT2D eigenvalue weighted by Gasteiger charge is -2.35. The molecule has 8 heteroatoms. The van der Waals surface area contributed by atoms with E-state index in [0.717, 1.165) is 36.8 Å². The van der Waals surface area contributed by atoms with Gasteiger partial charge in [-0.3, -0.25) is 0 Å². The van der Waals surface area contributed by atoms with Gasteiger partial charge in [-0.25, -0.2) is 18.1 Å².